The van der Waals surface area contributed by atoms with E-state index in [-0.39, 0.29) is 37.1 Å². The maximum atomic E-state index is 8.72. The predicted molar refractivity (Wildman–Crippen MR) is 98.1 cm³/mol. The van der Waals surface area contributed by atoms with Gasteiger partial charge >= 0.3 is 0 Å². The lowest BCUT2D eigenvalue weighted by atomic mass is 10.4. The van der Waals surface area contributed by atoms with Crippen LogP contribution in [0.15, 0.2) is 0 Å². The molecule has 1 N–H and O–H groups in total. The Labute approximate surface area is 153 Å². The minimum Gasteiger partial charge on any atom is -0.394 e. The van der Waals surface area contributed by atoms with E-state index in [0.717, 1.165) is 0 Å². The number of rotatable bonds is 14. The molecule has 0 saturated carbocycles. The fourth-order valence-electron chi connectivity index (χ4n) is 1.42. The molecule has 0 aliphatic heterocycles. The normalized spacial score (nSPS) is 17.2. The molecular weight excluding hydrogens is 328 g/mol. The van der Waals surface area contributed by atoms with Crippen molar-refractivity contribution in [2.24, 2.45) is 0 Å². The van der Waals surface area contributed by atoms with Crippen molar-refractivity contribution < 1.29 is 33.5 Å². The molecule has 0 aromatic heterocycles. The molecule has 5 atom stereocenters. The van der Waals surface area contributed by atoms with E-state index in [2.05, 4.69) is 0 Å². The minimum absolute atomic E-state index is 0.0293. The molecule has 0 fully saturated rings. The van der Waals surface area contributed by atoms with Crippen LogP contribution in [0.3, 0.4) is 0 Å². The van der Waals surface area contributed by atoms with E-state index in [9.17, 15) is 0 Å². The molecule has 0 amide bonds. The highest BCUT2D eigenvalue weighted by Crippen LogP contribution is 1.99. The van der Waals surface area contributed by atoms with Crippen molar-refractivity contribution in [1.82, 2.24) is 0 Å². The summed E-state index contributed by atoms with van der Waals surface area (Å²) in [5.74, 6) is 0. The first-order valence-corrected chi connectivity index (χ1v) is 8.80. The molecule has 0 aliphatic carbocycles. The van der Waals surface area contributed by atoms with Crippen molar-refractivity contribution >= 4 is 0 Å². The monoisotopic (exact) mass is 368 g/mol. The molecule has 7 nitrogen and oxygen atoms in total. The zero-order valence-electron chi connectivity index (χ0n) is 17.3. The van der Waals surface area contributed by atoms with Gasteiger partial charge in [-0.3, -0.25) is 0 Å². The summed E-state index contributed by atoms with van der Waals surface area (Å²) >= 11 is 0. The van der Waals surface area contributed by atoms with E-state index in [1.165, 1.54) is 0 Å². The number of aliphatic hydroxyl groups excluding tert-OH is 1. The number of hydrogen-bond acceptors (Lipinski definition) is 7. The minimum atomic E-state index is -0.124. The van der Waals surface area contributed by atoms with Gasteiger partial charge in [-0.15, -0.1) is 0 Å². The topological polar surface area (TPSA) is 75.6 Å². The second-order valence-electron chi connectivity index (χ2n) is 6.16. The fourth-order valence-corrected chi connectivity index (χ4v) is 1.42. The predicted octanol–water partition coefficient (Wildman–Crippen LogP) is 1.90. The molecule has 154 valence electrons. The smallest absolute Gasteiger partial charge is 0.0781 e. The van der Waals surface area contributed by atoms with Crippen molar-refractivity contribution in [3.63, 3.8) is 0 Å². The third-order valence-corrected chi connectivity index (χ3v) is 3.31. The average Bonchev–Trinajstić information content (AvgIpc) is 2.62. The number of ether oxygens (including phenoxy) is 6. The Balaban J connectivity index is 0. The molecule has 0 bridgehead atoms. The molecule has 0 spiro atoms. The summed E-state index contributed by atoms with van der Waals surface area (Å²) < 4.78 is 31.1. The molecule has 0 rings (SSSR count). The Kier molecular flexibility index (Phi) is 19.9. The third-order valence-electron chi connectivity index (χ3n) is 3.31. The van der Waals surface area contributed by atoms with Crippen molar-refractivity contribution in [2.75, 3.05) is 54.4 Å². The number of aliphatic hydroxyl groups is 1. The van der Waals surface area contributed by atoms with Crippen molar-refractivity contribution in [3.05, 3.63) is 0 Å². The van der Waals surface area contributed by atoms with E-state index < -0.39 is 0 Å². The number of hydrogen-bond donors (Lipinski definition) is 1. The van der Waals surface area contributed by atoms with Crippen LogP contribution in [0.5, 0.6) is 0 Å². The first-order chi connectivity index (χ1) is 11.8. The summed E-state index contributed by atoms with van der Waals surface area (Å²) in [6.07, 6.45) is 0.321. The van der Waals surface area contributed by atoms with Crippen molar-refractivity contribution in [1.29, 1.82) is 0 Å². The molecule has 0 aliphatic rings. The van der Waals surface area contributed by atoms with Crippen LogP contribution in [0.1, 0.15) is 34.6 Å². The Bertz CT molecular complexity index is 252. The molecule has 0 radical (unpaired) electrons. The van der Waals surface area contributed by atoms with Gasteiger partial charge in [0.2, 0.25) is 0 Å². The Morgan fingerprint density at radius 2 is 0.920 bits per heavy atom. The van der Waals surface area contributed by atoms with Gasteiger partial charge in [-0.2, -0.15) is 0 Å². The van der Waals surface area contributed by atoms with Gasteiger partial charge in [0.05, 0.1) is 63.6 Å². The lowest BCUT2D eigenvalue weighted by molar-refractivity contribution is -0.0677. The summed E-state index contributed by atoms with van der Waals surface area (Å²) in [5, 5.41) is 8.72. The highest BCUT2D eigenvalue weighted by atomic mass is 16.6. The van der Waals surface area contributed by atoms with Gasteiger partial charge in [-0.25, -0.2) is 0 Å². The molecule has 0 aromatic rings. The third kappa shape index (κ3) is 19.9. The highest BCUT2D eigenvalue weighted by Gasteiger charge is 2.08. The van der Waals surface area contributed by atoms with Crippen LogP contribution in [0.4, 0.5) is 0 Å². The maximum Gasteiger partial charge on any atom is 0.0781 e. The van der Waals surface area contributed by atoms with E-state index in [4.69, 9.17) is 33.5 Å². The summed E-state index contributed by atoms with van der Waals surface area (Å²) in [7, 11) is 5.00. The zero-order chi connectivity index (χ0) is 19.7. The first kappa shape index (κ1) is 26.9. The standard InChI is InChI=1S/C10H22O4.C8H18O3/c1-8(5-11)13-7-10(3)14-6-9(2)12-4;1-7(10-4)6-11-8(2)5-9-3/h8-11H,5-7H2,1-4H3;7-8H,5-6H2,1-4H3. The second-order valence-corrected chi connectivity index (χ2v) is 6.16. The van der Waals surface area contributed by atoms with Crippen molar-refractivity contribution in [2.45, 2.75) is 65.1 Å². The van der Waals surface area contributed by atoms with E-state index >= 15 is 0 Å². The largest absolute Gasteiger partial charge is 0.394 e. The first-order valence-electron chi connectivity index (χ1n) is 8.80. The quantitative estimate of drug-likeness (QED) is 0.502. The van der Waals surface area contributed by atoms with Crippen LogP contribution < -0.4 is 0 Å². The molecule has 0 aromatic carbocycles. The van der Waals surface area contributed by atoms with Gasteiger partial charge in [0.1, 0.15) is 0 Å². The Morgan fingerprint density at radius 3 is 1.28 bits per heavy atom. The van der Waals surface area contributed by atoms with Crippen LogP contribution in [-0.4, -0.2) is 90.0 Å². The van der Waals surface area contributed by atoms with Crippen molar-refractivity contribution in [3.8, 4) is 0 Å². The number of methoxy groups -OCH3 is 3. The summed E-state index contributed by atoms with van der Waals surface area (Å²) in [6, 6.07) is 0. The Hall–Kier alpha value is -0.280. The van der Waals surface area contributed by atoms with Gasteiger partial charge in [-0.1, -0.05) is 0 Å². The molecule has 0 saturated heterocycles. The maximum absolute atomic E-state index is 8.72. The lowest BCUT2D eigenvalue weighted by Crippen LogP contribution is -2.25. The van der Waals surface area contributed by atoms with Crippen LogP contribution in [0.2, 0.25) is 0 Å². The fraction of sp³-hybridized carbons (Fsp3) is 1.00. The molecular formula is C18H40O7. The Morgan fingerprint density at radius 1 is 0.560 bits per heavy atom. The van der Waals surface area contributed by atoms with Crippen LogP contribution in [0.25, 0.3) is 0 Å². The van der Waals surface area contributed by atoms with E-state index in [1.807, 2.05) is 34.6 Å². The lowest BCUT2D eigenvalue weighted by Gasteiger charge is -2.18. The summed E-state index contributed by atoms with van der Waals surface area (Å²) in [5.41, 5.74) is 0. The summed E-state index contributed by atoms with van der Waals surface area (Å²) in [4.78, 5) is 0. The van der Waals surface area contributed by atoms with Gasteiger partial charge in [-0.05, 0) is 34.6 Å². The molecule has 0 heterocycles. The van der Waals surface area contributed by atoms with Gasteiger partial charge in [0.15, 0.2) is 0 Å². The van der Waals surface area contributed by atoms with Crippen LogP contribution >= 0.6 is 0 Å². The zero-order valence-corrected chi connectivity index (χ0v) is 17.3. The highest BCUT2D eigenvalue weighted by molar-refractivity contribution is 4.54. The summed E-state index contributed by atoms with van der Waals surface area (Å²) in [6.45, 7) is 12.0. The SMILES string of the molecule is COC(C)COC(C)COC(C)CO.COCC(C)OCC(C)OC. The van der Waals surface area contributed by atoms with Gasteiger partial charge in [0, 0.05) is 21.3 Å². The van der Waals surface area contributed by atoms with Crippen LogP contribution in [-0.2, 0) is 28.4 Å². The van der Waals surface area contributed by atoms with E-state index in [0.29, 0.717) is 26.4 Å². The second kappa shape index (κ2) is 18.5. The van der Waals surface area contributed by atoms with Gasteiger partial charge < -0.3 is 33.5 Å². The van der Waals surface area contributed by atoms with Crippen LogP contribution in [0, 0.1) is 0 Å². The van der Waals surface area contributed by atoms with E-state index in [1.54, 1.807) is 21.3 Å². The molecule has 25 heavy (non-hydrogen) atoms. The molecule has 5 unspecified atom stereocenters. The van der Waals surface area contributed by atoms with Gasteiger partial charge in [0.25, 0.3) is 0 Å². The molecule has 7 heteroatoms. The average molecular weight is 369 g/mol.